The quantitative estimate of drug-likeness (QED) is 0.632. The molecular weight excluding hydrogens is 274 g/mol. The van der Waals surface area contributed by atoms with Gasteiger partial charge in [-0.15, -0.1) is 0 Å². The van der Waals surface area contributed by atoms with E-state index in [1.54, 1.807) is 0 Å². The molecule has 0 atom stereocenters. The van der Waals surface area contributed by atoms with Crippen LogP contribution in [-0.2, 0) is 4.84 Å². The maximum atomic E-state index is 5.41. The van der Waals surface area contributed by atoms with Crippen LogP contribution in [0.25, 0.3) is 0 Å². The number of rotatable bonds is 4. The summed E-state index contributed by atoms with van der Waals surface area (Å²) in [5, 5.41) is 4.42. The van der Waals surface area contributed by atoms with Gasteiger partial charge in [-0.2, -0.15) is 0 Å². The van der Waals surface area contributed by atoms with Crippen molar-refractivity contribution in [2.45, 2.75) is 41.5 Å². The molecule has 0 amide bonds. The molecule has 0 N–H and O–H groups in total. The SMILES string of the molecule is CCON=C(C1=NCCN1C)c1c(C)c(C)c(C)c(C)c1C. The molecule has 1 aromatic carbocycles. The maximum absolute atomic E-state index is 5.41. The zero-order valence-electron chi connectivity index (χ0n) is 14.9. The van der Waals surface area contributed by atoms with Crippen molar-refractivity contribution in [3.63, 3.8) is 0 Å². The molecule has 4 nitrogen and oxygen atoms in total. The van der Waals surface area contributed by atoms with Crippen LogP contribution < -0.4 is 0 Å². The standard InChI is InChI=1S/C18H27N3O/c1-8-22-20-17(18-19-9-10-21(18)7)16-14(5)12(3)11(2)13(4)15(16)6/h8-10H2,1-7H3. The largest absolute Gasteiger partial charge is 0.396 e. The predicted octanol–water partition coefficient (Wildman–Crippen LogP) is 3.31. The Labute approximate surface area is 133 Å². The van der Waals surface area contributed by atoms with Crippen molar-refractivity contribution < 1.29 is 4.84 Å². The molecule has 1 heterocycles. The van der Waals surface area contributed by atoms with Gasteiger partial charge in [-0.05, 0) is 69.4 Å². The summed E-state index contributed by atoms with van der Waals surface area (Å²) in [5.41, 5.74) is 8.57. The summed E-state index contributed by atoms with van der Waals surface area (Å²) in [6.45, 7) is 15.1. The highest BCUT2D eigenvalue weighted by Gasteiger charge is 2.25. The zero-order valence-corrected chi connectivity index (χ0v) is 14.9. The van der Waals surface area contributed by atoms with E-state index in [2.05, 4.69) is 56.7 Å². The highest BCUT2D eigenvalue weighted by Crippen LogP contribution is 2.27. The zero-order chi connectivity index (χ0) is 16.4. The number of aliphatic imine (C=N–C) groups is 1. The average Bonchev–Trinajstić information content (AvgIpc) is 2.92. The normalized spacial score (nSPS) is 15.3. The summed E-state index contributed by atoms with van der Waals surface area (Å²) in [5.74, 6) is 0.933. The van der Waals surface area contributed by atoms with Gasteiger partial charge in [-0.1, -0.05) is 5.16 Å². The van der Waals surface area contributed by atoms with Crippen LogP contribution >= 0.6 is 0 Å². The number of oxime groups is 1. The van der Waals surface area contributed by atoms with Crippen LogP contribution in [0.3, 0.4) is 0 Å². The summed E-state index contributed by atoms with van der Waals surface area (Å²) in [4.78, 5) is 12.2. The molecule has 0 radical (unpaired) electrons. The van der Waals surface area contributed by atoms with Gasteiger partial charge in [-0.25, -0.2) is 0 Å². The van der Waals surface area contributed by atoms with Crippen molar-refractivity contribution in [3.05, 3.63) is 33.4 Å². The van der Waals surface area contributed by atoms with Gasteiger partial charge in [0.25, 0.3) is 0 Å². The van der Waals surface area contributed by atoms with Crippen molar-refractivity contribution in [2.24, 2.45) is 10.1 Å². The highest BCUT2D eigenvalue weighted by atomic mass is 16.6. The lowest BCUT2D eigenvalue weighted by Crippen LogP contribution is -2.32. The molecule has 0 saturated carbocycles. The first-order valence-corrected chi connectivity index (χ1v) is 7.93. The lowest BCUT2D eigenvalue weighted by atomic mass is 9.87. The van der Waals surface area contributed by atoms with E-state index in [9.17, 15) is 0 Å². The van der Waals surface area contributed by atoms with E-state index in [4.69, 9.17) is 4.84 Å². The van der Waals surface area contributed by atoms with Crippen LogP contribution in [0.15, 0.2) is 10.1 Å². The Kier molecular flexibility index (Phi) is 4.89. The van der Waals surface area contributed by atoms with E-state index in [0.717, 1.165) is 24.6 Å². The van der Waals surface area contributed by atoms with E-state index < -0.39 is 0 Å². The molecule has 1 aliphatic heterocycles. The van der Waals surface area contributed by atoms with Gasteiger partial charge in [0.2, 0.25) is 0 Å². The Morgan fingerprint density at radius 1 is 1.05 bits per heavy atom. The van der Waals surface area contributed by atoms with Gasteiger partial charge in [0.05, 0.1) is 6.54 Å². The molecule has 0 aliphatic carbocycles. The molecule has 0 spiro atoms. The second-order valence-corrected chi connectivity index (χ2v) is 5.98. The smallest absolute Gasteiger partial charge is 0.153 e. The molecule has 1 aliphatic rings. The minimum Gasteiger partial charge on any atom is -0.396 e. The van der Waals surface area contributed by atoms with E-state index in [1.165, 1.54) is 33.4 Å². The van der Waals surface area contributed by atoms with E-state index in [1.807, 2.05) is 6.92 Å². The van der Waals surface area contributed by atoms with Gasteiger partial charge in [0, 0.05) is 19.2 Å². The molecule has 0 unspecified atom stereocenters. The van der Waals surface area contributed by atoms with E-state index in [0.29, 0.717) is 6.61 Å². The summed E-state index contributed by atoms with van der Waals surface area (Å²) in [6, 6.07) is 0. The fourth-order valence-electron chi connectivity index (χ4n) is 2.97. The molecule has 0 bridgehead atoms. The Balaban J connectivity index is 2.68. The van der Waals surface area contributed by atoms with Crippen LogP contribution in [0.4, 0.5) is 0 Å². The Bertz CT molecular complexity index is 615. The number of amidine groups is 1. The van der Waals surface area contributed by atoms with Crippen molar-refractivity contribution in [1.29, 1.82) is 0 Å². The average molecular weight is 301 g/mol. The Hall–Kier alpha value is -1.84. The first-order chi connectivity index (χ1) is 10.4. The number of hydrogen-bond donors (Lipinski definition) is 0. The summed E-state index contributed by atoms with van der Waals surface area (Å²) < 4.78 is 0. The van der Waals surface area contributed by atoms with Crippen LogP contribution in [0.1, 0.15) is 40.3 Å². The number of hydrogen-bond acceptors (Lipinski definition) is 4. The second-order valence-electron chi connectivity index (χ2n) is 5.98. The lowest BCUT2D eigenvalue weighted by molar-refractivity contribution is 0.159. The predicted molar refractivity (Wildman–Crippen MR) is 93.2 cm³/mol. The van der Waals surface area contributed by atoms with Crippen LogP contribution in [0.5, 0.6) is 0 Å². The van der Waals surface area contributed by atoms with Crippen molar-refractivity contribution in [2.75, 3.05) is 26.7 Å². The van der Waals surface area contributed by atoms with Gasteiger partial charge in [0.15, 0.2) is 11.5 Å². The molecule has 0 saturated heterocycles. The van der Waals surface area contributed by atoms with Gasteiger partial charge >= 0.3 is 0 Å². The van der Waals surface area contributed by atoms with Crippen LogP contribution in [-0.4, -0.2) is 43.2 Å². The Morgan fingerprint density at radius 3 is 2.05 bits per heavy atom. The summed E-state index contributed by atoms with van der Waals surface area (Å²) in [7, 11) is 2.06. The molecule has 120 valence electrons. The topological polar surface area (TPSA) is 37.2 Å². The van der Waals surface area contributed by atoms with E-state index >= 15 is 0 Å². The molecule has 0 aromatic heterocycles. The molecule has 22 heavy (non-hydrogen) atoms. The number of nitrogens with zero attached hydrogens (tertiary/aromatic N) is 3. The minimum absolute atomic E-state index is 0.558. The highest BCUT2D eigenvalue weighted by molar-refractivity contribution is 6.48. The fraction of sp³-hybridized carbons (Fsp3) is 0.556. The monoisotopic (exact) mass is 301 g/mol. The summed E-state index contributed by atoms with van der Waals surface area (Å²) >= 11 is 0. The molecule has 4 heteroatoms. The van der Waals surface area contributed by atoms with Gasteiger partial charge in [0.1, 0.15) is 6.61 Å². The van der Waals surface area contributed by atoms with Gasteiger partial charge < -0.3 is 9.74 Å². The van der Waals surface area contributed by atoms with E-state index in [-0.39, 0.29) is 0 Å². The fourth-order valence-corrected chi connectivity index (χ4v) is 2.97. The van der Waals surface area contributed by atoms with Crippen LogP contribution in [0.2, 0.25) is 0 Å². The lowest BCUT2D eigenvalue weighted by Gasteiger charge is -2.22. The van der Waals surface area contributed by atoms with Crippen molar-refractivity contribution in [1.82, 2.24) is 4.90 Å². The van der Waals surface area contributed by atoms with Gasteiger partial charge in [-0.3, -0.25) is 4.99 Å². The first kappa shape index (κ1) is 16.5. The van der Waals surface area contributed by atoms with Crippen molar-refractivity contribution >= 4 is 11.5 Å². The third kappa shape index (κ3) is 2.74. The van der Waals surface area contributed by atoms with Crippen molar-refractivity contribution in [3.8, 4) is 0 Å². The van der Waals surface area contributed by atoms with Crippen LogP contribution in [0, 0.1) is 34.6 Å². The minimum atomic E-state index is 0.558. The third-order valence-corrected chi connectivity index (χ3v) is 4.79. The Morgan fingerprint density at radius 2 is 1.59 bits per heavy atom. The molecule has 1 aromatic rings. The second kappa shape index (κ2) is 6.51. The molecule has 2 rings (SSSR count). The third-order valence-electron chi connectivity index (χ3n) is 4.79. The number of benzene rings is 1. The molecule has 0 fully saturated rings. The first-order valence-electron chi connectivity index (χ1n) is 7.93. The summed E-state index contributed by atoms with van der Waals surface area (Å²) in [6.07, 6.45) is 0. The number of likely N-dealkylation sites (N-methyl/N-ethyl adjacent to an activating group) is 1. The molecular formula is C18H27N3O. The maximum Gasteiger partial charge on any atom is 0.153 e.